The number of rotatable bonds is 7. The number of alkyl halides is 4. The lowest BCUT2D eigenvalue weighted by Gasteiger charge is -2.10. The van der Waals surface area contributed by atoms with Crippen LogP contribution in [0.15, 0.2) is 0 Å². The van der Waals surface area contributed by atoms with Gasteiger partial charge in [-0.05, 0) is 0 Å². The van der Waals surface area contributed by atoms with E-state index in [4.69, 9.17) is 16.3 Å². The molecule has 16 heavy (non-hydrogen) atoms. The van der Waals surface area contributed by atoms with Crippen molar-refractivity contribution in [2.24, 2.45) is 0 Å². The summed E-state index contributed by atoms with van der Waals surface area (Å²) >= 11 is 5.67. The van der Waals surface area contributed by atoms with Gasteiger partial charge in [-0.25, -0.2) is 0 Å². The molecule has 1 amide bonds. The van der Waals surface area contributed by atoms with Crippen molar-refractivity contribution in [1.82, 2.24) is 5.32 Å². The predicted molar refractivity (Wildman–Crippen MR) is 51.4 cm³/mol. The summed E-state index contributed by atoms with van der Waals surface area (Å²) in [4.78, 5) is 10.9. The van der Waals surface area contributed by atoms with Gasteiger partial charge in [-0.1, -0.05) is 0 Å². The molecule has 0 aromatic heterocycles. The van der Waals surface area contributed by atoms with Gasteiger partial charge in [0.15, 0.2) is 0 Å². The van der Waals surface area contributed by atoms with Crippen LogP contribution >= 0.6 is 11.6 Å². The normalized spacial score (nSPS) is 13.6. The molecule has 4 nitrogen and oxygen atoms in total. The number of halogens is 4. The second-order valence-electron chi connectivity index (χ2n) is 2.96. The van der Waals surface area contributed by atoms with Crippen molar-refractivity contribution in [2.45, 2.75) is 11.6 Å². The third-order valence-corrected chi connectivity index (χ3v) is 1.65. The quantitative estimate of drug-likeness (QED) is 0.696. The molecule has 1 atom stereocenters. The lowest BCUT2D eigenvalue weighted by molar-refractivity contribution is -0.175. The molecule has 0 heterocycles. The summed E-state index contributed by atoms with van der Waals surface area (Å²) in [5.74, 6) is -0.647. The van der Waals surface area contributed by atoms with Gasteiger partial charge in [0, 0.05) is 13.7 Å². The van der Waals surface area contributed by atoms with Crippen LogP contribution < -0.4 is 5.32 Å². The van der Waals surface area contributed by atoms with Crippen LogP contribution in [0.25, 0.3) is 0 Å². The number of nitrogens with one attached hydrogen (secondary N) is 1. The van der Waals surface area contributed by atoms with Crippen LogP contribution in [0.5, 0.6) is 0 Å². The van der Waals surface area contributed by atoms with Crippen molar-refractivity contribution >= 4 is 17.5 Å². The molecular formula is C8H13ClF3NO3. The fraction of sp³-hybridized carbons (Fsp3) is 0.875. The highest BCUT2D eigenvalue weighted by molar-refractivity contribution is 6.21. The van der Waals surface area contributed by atoms with Gasteiger partial charge in [-0.3, -0.25) is 4.79 Å². The van der Waals surface area contributed by atoms with Gasteiger partial charge in [0.2, 0.25) is 5.91 Å². The first-order valence-corrected chi connectivity index (χ1v) is 4.83. The molecule has 0 aromatic rings. The van der Waals surface area contributed by atoms with Crippen molar-refractivity contribution in [1.29, 1.82) is 0 Å². The summed E-state index contributed by atoms with van der Waals surface area (Å²) in [6, 6.07) is 0. The molecule has 0 spiro atoms. The lowest BCUT2D eigenvalue weighted by Crippen LogP contribution is -2.35. The van der Waals surface area contributed by atoms with Gasteiger partial charge in [0.1, 0.15) is 13.2 Å². The van der Waals surface area contributed by atoms with E-state index < -0.39 is 30.7 Å². The molecule has 0 saturated carbocycles. The van der Waals surface area contributed by atoms with Crippen molar-refractivity contribution in [3.63, 3.8) is 0 Å². The summed E-state index contributed by atoms with van der Waals surface area (Å²) in [6.45, 7) is -1.73. The van der Waals surface area contributed by atoms with E-state index in [0.29, 0.717) is 0 Å². The monoisotopic (exact) mass is 263 g/mol. The third kappa shape index (κ3) is 10.0. The fourth-order valence-electron chi connectivity index (χ4n) is 0.775. The van der Waals surface area contributed by atoms with Gasteiger partial charge in [0.05, 0.1) is 12.0 Å². The van der Waals surface area contributed by atoms with E-state index in [-0.39, 0.29) is 13.2 Å². The Bertz CT molecular complexity index is 213. The molecule has 0 aliphatic rings. The van der Waals surface area contributed by atoms with E-state index >= 15 is 0 Å². The minimum atomic E-state index is -4.43. The average Bonchev–Trinajstić information content (AvgIpc) is 2.13. The van der Waals surface area contributed by atoms with Crippen LogP contribution in [0.3, 0.4) is 0 Å². The summed E-state index contributed by atoms with van der Waals surface area (Å²) < 4.78 is 43.7. The molecule has 0 aromatic carbocycles. The Morgan fingerprint density at radius 3 is 2.62 bits per heavy atom. The van der Waals surface area contributed by atoms with Crippen molar-refractivity contribution in [3.05, 3.63) is 0 Å². The zero-order chi connectivity index (χ0) is 12.6. The fourth-order valence-corrected chi connectivity index (χ4v) is 0.978. The Labute approximate surface area is 96.0 Å². The molecule has 0 radical (unpaired) electrons. The van der Waals surface area contributed by atoms with E-state index in [9.17, 15) is 18.0 Å². The standard InChI is InChI=1S/C8H13ClF3NO3/c1-15-3-6(9)2-13-7(14)4-16-5-8(10,11)12/h6H,2-5H2,1H3,(H,13,14). The summed E-state index contributed by atoms with van der Waals surface area (Å²) in [7, 11) is 1.45. The highest BCUT2D eigenvalue weighted by Crippen LogP contribution is 2.13. The largest absolute Gasteiger partial charge is 0.411 e. The second-order valence-corrected chi connectivity index (χ2v) is 3.58. The Hall–Kier alpha value is -0.530. The highest BCUT2D eigenvalue weighted by atomic mass is 35.5. The predicted octanol–water partition coefficient (Wildman–Crippen LogP) is 0.935. The van der Waals surface area contributed by atoms with Gasteiger partial charge in [-0.2, -0.15) is 13.2 Å². The SMILES string of the molecule is COCC(Cl)CNC(=O)COCC(F)(F)F. The van der Waals surface area contributed by atoms with Gasteiger partial charge in [0.25, 0.3) is 0 Å². The molecule has 0 rings (SSSR count). The average molecular weight is 264 g/mol. The molecule has 8 heteroatoms. The summed E-state index contributed by atoms with van der Waals surface area (Å²) in [5.41, 5.74) is 0. The Balaban J connectivity index is 3.52. The van der Waals surface area contributed by atoms with Gasteiger partial charge in [-0.15, -0.1) is 11.6 Å². The third-order valence-electron chi connectivity index (χ3n) is 1.37. The lowest BCUT2D eigenvalue weighted by atomic mass is 10.4. The highest BCUT2D eigenvalue weighted by Gasteiger charge is 2.27. The second kappa shape index (κ2) is 7.70. The van der Waals surface area contributed by atoms with Crippen LogP contribution in [0.4, 0.5) is 13.2 Å². The van der Waals surface area contributed by atoms with E-state index in [1.54, 1.807) is 0 Å². The van der Waals surface area contributed by atoms with Crippen LogP contribution in [-0.4, -0.2) is 50.9 Å². The molecule has 0 saturated heterocycles. The maximum absolute atomic E-state index is 11.6. The molecule has 0 aliphatic carbocycles. The Morgan fingerprint density at radius 1 is 1.50 bits per heavy atom. The van der Waals surface area contributed by atoms with Crippen LogP contribution in [0, 0.1) is 0 Å². The van der Waals surface area contributed by atoms with Crippen molar-refractivity contribution in [2.75, 3.05) is 33.5 Å². The number of carbonyl (C=O) groups is 1. The smallest absolute Gasteiger partial charge is 0.383 e. The first-order chi connectivity index (χ1) is 7.35. The topological polar surface area (TPSA) is 47.6 Å². The first-order valence-electron chi connectivity index (χ1n) is 4.39. The molecule has 1 unspecified atom stereocenters. The zero-order valence-corrected chi connectivity index (χ0v) is 9.40. The van der Waals surface area contributed by atoms with Crippen LogP contribution in [-0.2, 0) is 14.3 Å². The number of hydrogen-bond donors (Lipinski definition) is 1. The van der Waals surface area contributed by atoms with Crippen LogP contribution in [0.2, 0.25) is 0 Å². The van der Waals surface area contributed by atoms with E-state index in [1.165, 1.54) is 7.11 Å². The van der Waals surface area contributed by atoms with Gasteiger partial charge < -0.3 is 14.8 Å². The molecule has 0 bridgehead atoms. The summed E-state index contributed by atoms with van der Waals surface area (Å²) in [5, 5.41) is 1.89. The molecule has 96 valence electrons. The number of methoxy groups -OCH3 is 1. The number of amides is 1. The maximum Gasteiger partial charge on any atom is 0.411 e. The van der Waals surface area contributed by atoms with E-state index in [2.05, 4.69) is 10.1 Å². The van der Waals surface area contributed by atoms with Crippen molar-refractivity contribution < 1.29 is 27.4 Å². The van der Waals surface area contributed by atoms with E-state index in [0.717, 1.165) is 0 Å². The van der Waals surface area contributed by atoms with Gasteiger partial charge >= 0.3 is 6.18 Å². The summed E-state index contributed by atoms with van der Waals surface area (Å²) in [6.07, 6.45) is -4.43. The Kier molecular flexibility index (Phi) is 7.44. The minimum absolute atomic E-state index is 0.115. The van der Waals surface area contributed by atoms with Crippen LogP contribution in [0.1, 0.15) is 0 Å². The molecule has 1 N–H and O–H groups in total. The number of ether oxygens (including phenoxy) is 2. The zero-order valence-electron chi connectivity index (χ0n) is 8.64. The Morgan fingerprint density at radius 2 is 2.12 bits per heavy atom. The molecular weight excluding hydrogens is 251 g/mol. The minimum Gasteiger partial charge on any atom is -0.383 e. The number of carbonyl (C=O) groups excluding carboxylic acids is 1. The maximum atomic E-state index is 11.6. The van der Waals surface area contributed by atoms with Crippen molar-refractivity contribution in [3.8, 4) is 0 Å². The molecule has 0 fully saturated rings. The van der Waals surface area contributed by atoms with E-state index in [1.807, 2.05) is 0 Å². The first kappa shape index (κ1) is 15.5. The number of hydrogen-bond acceptors (Lipinski definition) is 3. The molecule has 0 aliphatic heterocycles.